The maximum Gasteiger partial charge on any atom is 0.321 e. The van der Waals surface area contributed by atoms with Crippen LogP contribution in [0.5, 0.6) is 0 Å². The average molecular weight is 340 g/mol. The van der Waals surface area contributed by atoms with E-state index in [1.807, 2.05) is 0 Å². The van der Waals surface area contributed by atoms with E-state index in [2.05, 4.69) is 4.72 Å². The first-order valence-electron chi connectivity index (χ1n) is 7.33. The van der Waals surface area contributed by atoms with Crippen molar-refractivity contribution in [3.05, 3.63) is 29.3 Å². The molecule has 23 heavy (non-hydrogen) atoms. The molecule has 1 aromatic carbocycles. The molecule has 7 nitrogen and oxygen atoms in total. The smallest absolute Gasteiger partial charge is 0.321 e. The molecule has 0 fully saturated rings. The predicted molar refractivity (Wildman–Crippen MR) is 83.5 cm³/mol. The normalized spacial score (nSPS) is 16.3. The largest absolute Gasteiger partial charge is 0.480 e. The van der Waals surface area contributed by atoms with Crippen LogP contribution in [0.15, 0.2) is 23.1 Å². The second kappa shape index (κ2) is 6.67. The van der Waals surface area contributed by atoms with Gasteiger partial charge in [-0.3, -0.25) is 9.59 Å². The van der Waals surface area contributed by atoms with Gasteiger partial charge in [0.05, 0.1) is 4.90 Å². The van der Waals surface area contributed by atoms with Crippen molar-refractivity contribution in [2.24, 2.45) is 0 Å². The molecule has 0 aromatic heterocycles. The first-order valence-corrected chi connectivity index (χ1v) is 8.81. The van der Waals surface area contributed by atoms with Crippen LogP contribution < -0.4 is 4.72 Å². The second-order valence-corrected chi connectivity index (χ2v) is 7.33. The van der Waals surface area contributed by atoms with E-state index in [1.165, 1.54) is 19.9 Å². The van der Waals surface area contributed by atoms with E-state index in [9.17, 15) is 18.0 Å². The van der Waals surface area contributed by atoms with Crippen LogP contribution in [0, 0.1) is 0 Å². The van der Waals surface area contributed by atoms with E-state index in [-0.39, 0.29) is 10.8 Å². The van der Waals surface area contributed by atoms with E-state index in [1.54, 1.807) is 17.0 Å². The zero-order chi connectivity index (χ0) is 17.2. The molecule has 1 atom stereocenters. The summed E-state index contributed by atoms with van der Waals surface area (Å²) in [6.07, 6.45) is 1.25. The Balaban J connectivity index is 2.25. The number of nitrogens with zero attached hydrogens (tertiary/aromatic N) is 1. The number of aliphatic carboxylic acids is 1. The van der Waals surface area contributed by atoms with E-state index < -0.39 is 22.0 Å². The summed E-state index contributed by atoms with van der Waals surface area (Å²) in [4.78, 5) is 24.1. The highest BCUT2D eigenvalue weighted by atomic mass is 32.2. The highest BCUT2D eigenvalue weighted by Gasteiger charge is 2.23. The molecule has 1 aliphatic rings. The van der Waals surface area contributed by atoms with Crippen molar-refractivity contribution in [1.82, 2.24) is 9.62 Å². The zero-order valence-electron chi connectivity index (χ0n) is 13.1. The minimum absolute atomic E-state index is 0.00241. The Hall–Kier alpha value is -1.93. The molecule has 0 aliphatic carbocycles. The molecular weight excluding hydrogens is 320 g/mol. The summed E-state index contributed by atoms with van der Waals surface area (Å²) in [5, 5.41) is 8.84. The lowest BCUT2D eigenvalue weighted by molar-refractivity contribution is -0.138. The molecule has 1 heterocycles. The van der Waals surface area contributed by atoms with E-state index in [0.29, 0.717) is 25.9 Å². The fourth-order valence-electron chi connectivity index (χ4n) is 2.53. The Morgan fingerprint density at radius 3 is 2.39 bits per heavy atom. The Morgan fingerprint density at radius 1 is 1.22 bits per heavy atom. The molecule has 0 radical (unpaired) electrons. The Bertz CT molecular complexity index is 729. The van der Waals surface area contributed by atoms with Gasteiger partial charge in [0.25, 0.3) is 0 Å². The van der Waals surface area contributed by atoms with Gasteiger partial charge in [-0.25, -0.2) is 8.42 Å². The Kier molecular flexibility index (Phi) is 5.06. The van der Waals surface area contributed by atoms with Gasteiger partial charge < -0.3 is 10.0 Å². The minimum Gasteiger partial charge on any atom is -0.480 e. The zero-order valence-corrected chi connectivity index (χ0v) is 13.9. The number of benzene rings is 1. The third-order valence-electron chi connectivity index (χ3n) is 3.94. The van der Waals surface area contributed by atoms with Gasteiger partial charge in [-0.1, -0.05) is 6.07 Å². The first-order chi connectivity index (χ1) is 10.7. The number of carboxylic acids is 1. The molecule has 2 rings (SSSR count). The number of amides is 1. The quantitative estimate of drug-likeness (QED) is 0.825. The number of rotatable bonds is 4. The lowest BCUT2D eigenvalue weighted by Gasteiger charge is -2.17. The van der Waals surface area contributed by atoms with E-state index in [0.717, 1.165) is 11.1 Å². The van der Waals surface area contributed by atoms with Gasteiger partial charge in [-0.15, -0.1) is 0 Å². The average Bonchev–Trinajstić information content (AvgIpc) is 2.68. The van der Waals surface area contributed by atoms with E-state index in [4.69, 9.17) is 5.11 Å². The van der Waals surface area contributed by atoms with Gasteiger partial charge in [0.2, 0.25) is 15.9 Å². The maximum absolute atomic E-state index is 12.3. The highest BCUT2D eigenvalue weighted by Crippen LogP contribution is 2.20. The van der Waals surface area contributed by atoms with Crippen LogP contribution in [0.4, 0.5) is 0 Å². The number of fused-ring (bicyclic) bond motifs is 1. The Labute approximate surface area is 135 Å². The van der Waals surface area contributed by atoms with Gasteiger partial charge in [0.1, 0.15) is 6.04 Å². The summed E-state index contributed by atoms with van der Waals surface area (Å²) in [6.45, 7) is 3.95. The number of carbonyl (C=O) groups excluding carboxylic acids is 1. The Morgan fingerprint density at radius 2 is 1.83 bits per heavy atom. The lowest BCUT2D eigenvalue weighted by atomic mass is 10.0. The number of carboxylic acid groups (broad SMARTS) is 1. The minimum atomic E-state index is -3.89. The molecule has 0 spiro atoms. The summed E-state index contributed by atoms with van der Waals surface area (Å²) in [6, 6.07) is 3.57. The number of hydrogen-bond acceptors (Lipinski definition) is 4. The number of hydrogen-bond donors (Lipinski definition) is 2. The second-order valence-electron chi connectivity index (χ2n) is 5.62. The number of carbonyl (C=O) groups is 2. The van der Waals surface area contributed by atoms with Crippen LogP contribution in [-0.4, -0.2) is 49.4 Å². The lowest BCUT2D eigenvalue weighted by Crippen LogP contribution is -2.38. The third-order valence-corrected chi connectivity index (χ3v) is 5.48. The number of sulfonamides is 1. The van der Waals surface area contributed by atoms with Crippen molar-refractivity contribution in [2.45, 2.75) is 37.6 Å². The van der Waals surface area contributed by atoms with Gasteiger partial charge in [-0.2, -0.15) is 4.72 Å². The van der Waals surface area contributed by atoms with Crippen molar-refractivity contribution in [2.75, 3.05) is 13.1 Å². The van der Waals surface area contributed by atoms with Crippen LogP contribution >= 0.6 is 0 Å². The van der Waals surface area contributed by atoms with Crippen molar-refractivity contribution in [3.63, 3.8) is 0 Å². The van der Waals surface area contributed by atoms with Crippen molar-refractivity contribution >= 4 is 21.9 Å². The van der Waals surface area contributed by atoms with Crippen molar-refractivity contribution in [3.8, 4) is 0 Å². The molecular formula is C15H20N2O5S. The van der Waals surface area contributed by atoms with E-state index >= 15 is 0 Å². The highest BCUT2D eigenvalue weighted by molar-refractivity contribution is 7.89. The molecule has 8 heteroatoms. The van der Waals surface area contributed by atoms with Gasteiger partial charge >= 0.3 is 5.97 Å². The molecule has 1 amide bonds. The summed E-state index contributed by atoms with van der Waals surface area (Å²) in [7, 11) is -3.89. The molecule has 2 N–H and O–H groups in total. The monoisotopic (exact) mass is 340 g/mol. The third kappa shape index (κ3) is 4.08. The van der Waals surface area contributed by atoms with Crippen LogP contribution in [0.2, 0.25) is 0 Å². The summed E-state index contributed by atoms with van der Waals surface area (Å²) in [5.74, 6) is -1.23. The van der Waals surface area contributed by atoms with Crippen molar-refractivity contribution < 1.29 is 23.1 Å². The van der Waals surface area contributed by atoms with Crippen molar-refractivity contribution in [1.29, 1.82) is 0 Å². The fourth-order valence-corrected chi connectivity index (χ4v) is 3.78. The van der Waals surface area contributed by atoms with Gasteiger partial charge in [-0.05, 0) is 43.0 Å². The molecule has 0 unspecified atom stereocenters. The molecule has 0 saturated carbocycles. The predicted octanol–water partition coefficient (Wildman–Crippen LogP) is 0.385. The van der Waals surface area contributed by atoms with Crippen LogP contribution in [0.1, 0.15) is 25.0 Å². The first kappa shape index (κ1) is 17.4. The van der Waals surface area contributed by atoms with Crippen LogP contribution in [-0.2, 0) is 32.5 Å². The number of nitrogens with one attached hydrogen (secondary N) is 1. The van der Waals surface area contributed by atoms with Gasteiger partial charge in [0.15, 0.2) is 0 Å². The molecule has 126 valence electrons. The van der Waals surface area contributed by atoms with Gasteiger partial charge in [0, 0.05) is 20.0 Å². The molecule has 1 aromatic rings. The summed E-state index contributed by atoms with van der Waals surface area (Å²) in [5.41, 5.74) is 1.89. The van der Waals surface area contributed by atoms with Crippen LogP contribution in [0.25, 0.3) is 0 Å². The molecule has 1 aliphatic heterocycles. The maximum atomic E-state index is 12.3. The molecule has 0 bridgehead atoms. The van der Waals surface area contributed by atoms with Crippen LogP contribution in [0.3, 0.4) is 0 Å². The fraction of sp³-hybridized carbons (Fsp3) is 0.467. The molecule has 0 saturated heterocycles. The standard InChI is InChI=1S/C15H20N2O5S/c1-10(15(19)20)16-23(21,22)14-4-3-12-5-7-17(11(2)18)8-6-13(12)9-14/h3-4,9-10,16H,5-8H2,1-2H3,(H,19,20)/t10-/m0/s1. The summed E-state index contributed by atoms with van der Waals surface area (Å²) < 4.78 is 26.6. The topological polar surface area (TPSA) is 104 Å². The summed E-state index contributed by atoms with van der Waals surface area (Å²) >= 11 is 0. The SMILES string of the molecule is CC(=O)N1CCc2ccc(S(=O)(=O)N[C@@H](C)C(=O)O)cc2CC1.